The minimum absolute atomic E-state index is 0.111. The van der Waals surface area contributed by atoms with Crippen molar-refractivity contribution in [3.63, 3.8) is 0 Å². The third kappa shape index (κ3) is 3.08. The Balaban J connectivity index is 2.06. The predicted molar refractivity (Wildman–Crippen MR) is 74.1 cm³/mol. The van der Waals surface area contributed by atoms with Crippen LogP contribution in [0.5, 0.6) is 0 Å². The van der Waals surface area contributed by atoms with Crippen molar-refractivity contribution in [2.75, 3.05) is 13.1 Å². The van der Waals surface area contributed by atoms with Crippen LogP contribution < -0.4 is 10.6 Å². The van der Waals surface area contributed by atoms with Gasteiger partial charge >= 0.3 is 0 Å². The van der Waals surface area contributed by atoms with Gasteiger partial charge in [0.15, 0.2) is 5.65 Å². The Morgan fingerprint density at radius 3 is 3.05 bits per heavy atom. The molecule has 19 heavy (non-hydrogen) atoms. The third-order valence-corrected chi connectivity index (χ3v) is 2.98. The first-order valence-electron chi connectivity index (χ1n) is 6.44. The van der Waals surface area contributed by atoms with E-state index in [4.69, 9.17) is 0 Å². The first-order valence-corrected chi connectivity index (χ1v) is 6.44. The van der Waals surface area contributed by atoms with Crippen LogP contribution in [0.1, 0.15) is 29.9 Å². The minimum atomic E-state index is -0.111. The maximum Gasteiger partial charge on any atom is 0.252 e. The van der Waals surface area contributed by atoms with E-state index in [9.17, 15) is 4.79 Å². The fourth-order valence-corrected chi connectivity index (χ4v) is 1.91. The molecular weight excluding hydrogens is 242 g/mol. The summed E-state index contributed by atoms with van der Waals surface area (Å²) in [5, 5.41) is 13.9. The number of amides is 1. The molecule has 2 rings (SSSR count). The lowest BCUT2D eigenvalue weighted by molar-refractivity contribution is 0.0950. The van der Waals surface area contributed by atoms with Crippen LogP contribution in [-0.4, -0.2) is 40.2 Å². The summed E-state index contributed by atoms with van der Waals surface area (Å²) in [7, 11) is 0. The molecule has 6 nitrogen and oxygen atoms in total. The van der Waals surface area contributed by atoms with Crippen LogP contribution in [0.4, 0.5) is 0 Å². The van der Waals surface area contributed by atoms with E-state index in [2.05, 4.69) is 25.8 Å². The molecule has 6 heteroatoms. The van der Waals surface area contributed by atoms with E-state index in [-0.39, 0.29) is 11.9 Å². The Morgan fingerprint density at radius 2 is 2.32 bits per heavy atom. The Hall–Kier alpha value is -1.95. The molecule has 1 atom stereocenters. The van der Waals surface area contributed by atoms with Crippen LogP contribution in [0, 0.1) is 6.92 Å². The van der Waals surface area contributed by atoms with Crippen LogP contribution in [0.25, 0.3) is 11.0 Å². The zero-order valence-corrected chi connectivity index (χ0v) is 11.4. The van der Waals surface area contributed by atoms with E-state index < -0.39 is 0 Å². The number of H-pyrrole nitrogens is 1. The summed E-state index contributed by atoms with van der Waals surface area (Å²) in [5.41, 5.74) is 2.11. The molecule has 0 aliphatic rings. The number of carbonyl (C=O) groups excluding carboxylic acids is 1. The second kappa shape index (κ2) is 5.79. The summed E-state index contributed by atoms with van der Waals surface area (Å²) in [6.45, 7) is 7.46. The standard InChI is InChI=1S/C13H19N5O/c1-4-14-8(2)6-16-13(19)10-5-11-9(3)17-18-12(11)15-7-10/h5,7-8,14H,4,6H2,1-3H3,(H,16,19)(H,15,17,18)/t8-/m1/s1. The van der Waals surface area contributed by atoms with Gasteiger partial charge in [0, 0.05) is 29.9 Å². The Bertz CT molecular complexity index is 577. The minimum Gasteiger partial charge on any atom is -0.350 e. The Morgan fingerprint density at radius 1 is 1.53 bits per heavy atom. The topological polar surface area (TPSA) is 82.7 Å². The van der Waals surface area contributed by atoms with Crippen LogP contribution >= 0.6 is 0 Å². The number of nitrogens with one attached hydrogen (secondary N) is 3. The fourth-order valence-electron chi connectivity index (χ4n) is 1.91. The van der Waals surface area contributed by atoms with Crippen molar-refractivity contribution in [2.45, 2.75) is 26.8 Å². The maximum absolute atomic E-state index is 12.0. The van der Waals surface area contributed by atoms with Gasteiger partial charge in [-0.05, 0) is 26.5 Å². The van der Waals surface area contributed by atoms with Crippen LogP contribution in [0.15, 0.2) is 12.3 Å². The van der Waals surface area contributed by atoms with Gasteiger partial charge in [0.25, 0.3) is 5.91 Å². The first-order chi connectivity index (χ1) is 9.11. The van der Waals surface area contributed by atoms with Gasteiger partial charge in [-0.2, -0.15) is 5.10 Å². The van der Waals surface area contributed by atoms with Crippen molar-refractivity contribution >= 4 is 16.9 Å². The van der Waals surface area contributed by atoms with Gasteiger partial charge in [-0.15, -0.1) is 0 Å². The molecule has 3 N–H and O–H groups in total. The van der Waals surface area contributed by atoms with Gasteiger partial charge in [0.05, 0.1) is 5.56 Å². The average molecular weight is 261 g/mol. The number of carbonyl (C=O) groups is 1. The molecule has 2 aromatic rings. The summed E-state index contributed by atoms with van der Waals surface area (Å²) >= 11 is 0. The van der Waals surface area contributed by atoms with E-state index in [1.54, 1.807) is 6.20 Å². The van der Waals surface area contributed by atoms with Crippen LogP contribution in [0.3, 0.4) is 0 Å². The molecule has 0 aliphatic heterocycles. The summed E-state index contributed by atoms with van der Waals surface area (Å²) in [4.78, 5) is 16.2. The van der Waals surface area contributed by atoms with E-state index in [0.717, 1.165) is 17.6 Å². The van der Waals surface area contributed by atoms with E-state index in [0.29, 0.717) is 17.8 Å². The predicted octanol–water partition coefficient (Wildman–Crippen LogP) is 0.994. The molecule has 0 radical (unpaired) electrons. The third-order valence-electron chi connectivity index (χ3n) is 2.98. The van der Waals surface area contributed by atoms with Crippen molar-refractivity contribution in [3.05, 3.63) is 23.5 Å². The smallest absolute Gasteiger partial charge is 0.252 e. The zero-order chi connectivity index (χ0) is 13.8. The number of aromatic amines is 1. The molecule has 0 unspecified atom stereocenters. The second-order valence-electron chi connectivity index (χ2n) is 4.61. The van der Waals surface area contributed by atoms with Crippen molar-refractivity contribution < 1.29 is 4.79 Å². The van der Waals surface area contributed by atoms with Crippen molar-refractivity contribution in [1.29, 1.82) is 0 Å². The molecule has 0 aromatic carbocycles. The van der Waals surface area contributed by atoms with Gasteiger partial charge in [0.2, 0.25) is 0 Å². The zero-order valence-electron chi connectivity index (χ0n) is 11.4. The summed E-state index contributed by atoms with van der Waals surface area (Å²) in [6.07, 6.45) is 1.55. The van der Waals surface area contributed by atoms with Gasteiger partial charge in [-0.25, -0.2) is 4.98 Å². The highest BCUT2D eigenvalue weighted by molar-refractivity contribution is 5.97. The highest BCUT2D eigenvalue weighted by Gasteiger charge is 2.10. The largest absolute Gasteiger partial charge is 0.350 e. The number of pyridine rings is 1. The molecular formula is C13H19N5O. The number of hydrogen-bond acceptors (Lipinski definition) is 4. The fraction of sp³-hybridized carbons (Fsp3) is 0.462. The average Bonchev–Trinajstić information content (AvgIpc) is 2.78. The number of aryl methyl sites for hydroxylation is 1. The summed E-state index contributed by atoms with van der Waals surface area (Å²) in [5.74, 6) is -0.111. The number of likely N-dealkylation sites (N-methyl/N-ethyl adjacent to an activating group) is 1. The quantitative estimate of drug-likeness (QED) is 0.749. The van der Waals surface area contributed by atoms with Gasteiger partial charge in [-0.3, -0.25) is 9.89 Å². The monoisotopic (exact) mass is 261 g/mol. The molecule has 2 aromatic heterocycles. The second-order valence-corrected chi connectivity index (χ2v) is 4.61. The van der Waals surface area contributed by atoms with E-state index in [1.165, 1.54) is 0 Å². The highest BCUT2D eigenvalue weighted by atomic mass is 16.1. The Labute approximate surface area is 112 Å². The number of hydrogen-bond donors (Lipinski definition) is 3. The summed E-state index contributed by atoms with van der Waals surface area (Å²) in [6, 6.07) is 2.07. The lowest BCUT2D eigenvalue weighted by Gasteiger charge is -2.13. The molecule has 0 fully saturated rings. The van der Waals surface area contributed by atoms with Crippen molar-refractivity contribution in [1.82, 2.24) is 25.8 Å². The molecule has 102 valence electrons. The molecule has 0 saturated heterocycles. The SMILES string of the molecule is CCN[C@H](C)CNC(=O)c1cnc2n[nH]c(C)c2c1. The normalized spacial score (nSPS) is 12.6. The van der Waals surface area contributed by atoms with Gasteiger partial charge in [0.1, 0.15) is 0 Å². The molecule has 1 amide bonds. The van der Waals surface area contributed by atoms with E-state index >= 15 is 0 Å². The van der Waals surface area contributed by atoms with Crippen LogP contribution in [-0.2, 0) is 0 Å². The Kier molecular flexibility index (Phi) is 4.11. The van der Waals surface area contributed by atoms with E-state index in [1.807, 2.05) is 26.8 Å². The number of aromatic nitrogens is 3. The lowest BCUT2D eigenvalue weighted by atomic mass is 10.2. The number of fused-ring (bicyclic) bond motifs is 1. The molecule has 0 saturated carbocycles. The van der Waals surface area contributed by atoms with Gasteiger partial charge in [-0.1, -0.05) is 6.92 Å². The lowest BCUT2D eigenvalue weighted by Crippen LogP contribution is -2.38. The van der Waals surface area contributed by atoms with Crippen molar-refractivity contribution in [2.24, 2.45) is 0 Å². The van der Waals surface area contributed by atoms with Gasteiger partial charge < -0.3 is 10.6 Å². The first kappa shape index (κ1) is 13.5. The number of rotatable bonds is 5. The van der Waals surface area contributed by atoms with Crippen LogP contribution in [0.2, 0.25) is 0 Å². The molecule has 0 bridgehead atoms. The highest BCUT2D eigenvalue weighted by Crippen LogP contribution is 2.14. The maximum atomic E-state index is 12.0. The molecule has 0 spiro atoms. The summed E-state index contributed by atoms with van der Waals surface area (Å²) < 4.78 is 0. The number of nitrogens with zero attached hydrogens (tertiary/aromatic N) is 2. The molecule has 2 heterocycles. The molecule has 0 aliphatic carbocycles. The van der Waals surface area contributed by atoms with Crippen molar-refractivity contribution in [3.8, 4) is 0 Å².